The largest absolute Gasteiger partial charge is 0.497 e. The molecule has 4 rings (SSSR count). The van der Waals surface area contributed by atoms with Crippen molar-refractivity contribution in [2.75, 3.05) is 24.5 Å². The molecule has 0 aliphatic rings. The summed E-state index contributed by atoms with van der Waals surface area (Å²) in [5, 5.41) is 3.53. The first-order valence-electron chi connectivity index (χ1n) is 14.8. The van der Waals surface area contributed by atoms with Crippen LogP contribution in [0.5, 0.6) is 5.75 Å². The number of rotatable bonds is 15. The van der Waals surface area contributed by atoms with Crippen molar-refractivity contribution < 1.29 is 22.7 Å². The molecular formula is C35H38ClN3O5S. The Kier molecular flexibility index (Phi) is 12.0. The normalized spacial score (nSPS) is 11.8. The van der Waals surface area contributed by atoms with Crippen LogP contribution >= 0.6 is 11.6 Å². The maximum atomic E-state index is 14.4. The minimum absolute atomic E-state index is 0.00217. The maximum Gasteiger partial charge on any atom is 0.264 e. The van der Waals surface area contributed by atoms with Crippen molar-refractivity contribution in [1.29, 1.82) is 0 Å². The Morgan fingerprint density at radius 2 is 1.47 bits per heavy atom. The predicted octanol–water partition coefficient (Wildman–Crippen LogP) is 6.10. The van der Waals surface area contributed by atoms with E-state index >= 15 is 0 Å². The number of halogens is 1. The molecule has 0 heterocycles. The zero-order valence-electron chi connectivity index (χ0n) is 25.4. The number of hydrogen-bond donors (Lipinski definition) is 1. The number of para-hydroxylation sites is 1. The number of ether oxygens (including phenoxy) is 1. The lowest BCUT2D eigenvalue weighted by Gasteiger charge is -2.34. The summed E-state index contributed by atoms with van der Waals surface area (Å²) in [7, 11) is -2.70. The molecule has 0 aliphatic heterocycles. The van der Waals surface area contributed by atoms with Crippen molar-refractivity contribution >= 4 is 39.1 Å². The second-order valence-electron chi connectivity index (χ2n) is 10.5. The third-order valence-electron chi connectivity index (χ3n) is 7.34. The average molecular weight is 648 g/mol. The number of methoxy groups -OCH3 is 1. The van der Waals surface area contributed by atoms with Crippen LogP contribution in [-0.4, -0.2) is 51.4 Å². The lowest BCUT2D eigenvalue weighted by atomic mass is 10.0. The van der Waals surface area contributed by atoms with Crippen molar-refractivity contribution in [2.24, 2.45) is 0 Å². The lowest BCUT2D eigenvalue weighted by molar-refractivity contribution is -0.140. The number of nitrogens with one attached hydrogen (secondary N) is 1. The van der Waals surface area contributed by atoms with Crippen molar-refractivity contribution in [1.82, 2.24) is 10.2 Å². The Bertz CT molecular complexity index is 1630. The van der Waals surface area contributed by atoms with Gasteiger partial charge in [0.2, 0.25) is 11.8 Å². The van der Waals surface area contributed by atoms with E-state index in [1.165, 1.54) is 24.1 Å². The second kappa shape index (κ2) is 16.1. The fraction of sp³-hybridized carbons (Fsp3) is 0.257. The molecule has 4 aromatic carbocycles. The van der Waals surface area contributed by atoms with Gasteiger partial charge in [-0.3, -0.25) is 13.9 Å². The fourth-order valence-corrected chi connectivity index (χ4v) is 6.38. The SMILES string of the molecule is CCCCNC(=O)[C@@H](Cc1ccccc1)N(Cc1ccc(Cl)cc1)C(=O)CN(c1ccccc1)S(=O)(=O)c1ccc(OC)cc1. The van der Waals surface area contributed by atoms with Crippen LogP contribution in [0.3, 0.4) is 0 Å². The predicted molar refractivity (Wildman–Crippen MR) is 178 cm³/mol. The number of carbonyl (C=O) groups excluding carboxylic acids is 2. The van der Waals surface area contributed by atoms with Gasteiger partial charge in [0.15, 0.2) is 0 Å². The first-order valence-corrected chi connectivity index (χ1v) is 16.6. The van der Waals surface area contributed by atoms with E-state index in [2.05, 4.69) is 5.32 Å². The molecule has 0 aliphatic carbocycles. The highest BCUT2D eigenvalue weighted by Gasteiger charge is 2.34. The van der Waals surface area contributed by atoms with Crippen molar-refractivity contribution in [3.63, 3.8) is 0 Å². The molecule has 10 heteroatoms. The number of nitrogens with zero attached hydrogens (tertiary/aromatic N) is 2. The molecule has 0 saturated heterocycles. The van der Waals surface area contributed by atoms with E-state index in [4.69, 9.17) is 16.3 Å². The van der Waals surface area contributed by atoms with E-state index in [1.54, 1.807) is 66.7 Å². The highest BCUT2D eigenvalue weighted by Crippen LogP contribution is 2.26. The molecule has 236 valence electrons. The van der Waals surface area contributed by atoms with Crippen molar-refractivity contribution in [3.05, 3.63) is 125 Å². The van der Waals surface area contributed by atoms with Gasteiger partial charge in [-0.25, -0.2) is 8.42 Å². The molecule has 1 N–H and O–H groups in total. The molecule has 0 unspecified atom stereocenters. The summed E-state index contributed by atoms with van der Waals surface area (Å²) >= 11 is 6.14. The number of amides is 2. The zero-order chi connectivity index (χ0) is 32.2. The number of sulfonamides is 1. The number of benzene rings is 4. The lowest BCUT2D eigenvalue weighted by Crippen LogP contribution is -2.53. The van der Waals surface area contributed by atoms with Gasteiger partial charge in [0.05, 0.1) is 17.7 Å². The topological polar surface area (TPSA) is 96.0 Å². The van der Waals surface area contributed by atoms with Gasteiger partial charge >= 0.3 is 0 Å². The zero-order valence-corrected chi connectivity index (χ0v) is 27.0. The van der Waals surface area contributed by atoms with Gasteiger partial charge < -0.3 is 15.0 Å². The van der Waals surface area contributed by atoms with Crippen molar-refractivity contribution in [2.45, 2.75) is 43.7 Å². The summed E-state index contributed by atoms with van der Waals surface area (Å²) in [6.07, 6.45) is 1.93. The van der Waals surface area contributed by atoms with E-state index < -0.39 is 28.5 Å². The standard InChI is InChI=1S/C35H38ClN3O5S/c1-3-4-23-37-35(41)33(24-27-11-7-5-8-12-27)38(25-28-15-17-29(36)18-16-28)34(40)26-39(30-13-9-6-10-14-30)45(42,43)32-21-19-31(44-2)20-22-32/h5-22,33H,3-4,23-26H2,1-2H3,(H,37,41)/t33-/m1/s1. The Balaban J connectivity index is 1.76. The van der Waals surface area contributed by atoms with E-state index in [1.807, 2.05) is 37.3 Å². The molecule has 8 nitrogen and oxygen atoms in total. The molecule has 2 amide bonds. The van der Waals surface area contributed by atoms with E-state index in [0.29, 0.717) is 23.0 Å². The van der Waals surface area contributed by atoms with Crippen LogP contribution < -0.4 is 14.4 Å². The minimum Gasteiger partial charge on any atom is -0.497 e. The van der Waals surface area contributed by atoms with E-state index in [0.717, 1.165) is 28.3 Å². The summed E-state index contributed by atoms with van der Waals surface area (Å²) in [5.41, 5.74) is 1.93. The van der Waals surface area contributed by atoms with E-state index in [9.17, 15) is 18.0 Å². The van der Waals surface area contributed by atoms with Gasteiger partial charge in [-0.2, -0.15) is 0 Å². The van der Waals surface area contributed by atoms with Gasteiger partial charge in [-0.15, -0.1) is 0 Å². The Morgan fingerprint density at radius 3 is 2.07 bits per heavy atom. The molecule has 1 atom stereocenters. The quantitative estimate of drug-likeness (QED) is 0.157. The monoisotopic (exact) mass is 647 g/mol. The van der Waals surface area contributed by atoms with Gasteiger partial charge in [0.1, 0.15) is 18.3 Å². The Hall–Kier alpha value is -4.34. The highest BCUT2D eigenvalue weighted by molar-refractivity contribution is 7.92. The van der Waals surface area contributed by atoms with Gasteiger partial charge in [-0.05, 0) is 66.1 Å². The third-order valence-corrected chi connectivity index (χ3v) is 9.38. The number of hydrogen-bond acceptors (Lipinski definition) is 5. The summed E-state index contributed by atoms with van der Waals surface area (Å²) in [5.74, 6) is -0.334. The third kappa shape index (κ3) is 9.09. The summed E-state index contributed by atoms with van der Waals surface area (Å²) in [6, 6.07) is 30.0. The van der Waals surface area contributed by atoms with Crippen LogP contribution in [0, 0.1) is 0 Å². The Morgan fingerprint density at radius 1 is 0.844 bits per heavy atom. The molecule has 45 heavy (non-hydrogen) atoms. The fourth-order valence-electron chi connectivity index (χ4n) is 4.84. The van der Waals surface area contributed by atoms with Crippen LogP contribution in [-0.2, 0) is 32.6 Å². The molecule has 0 radical (unpaired) electrons. The first kappa shape index (κ1) is 33.6. The summed E-state index contributed by atoms with van der Waals surface area (Å²) in [4.78, 5) is 29.7. The van der Waals surface area contributed by atoms with Crippen LogP contribution in [0.15, 0.2) is 114 Å². The second-order valence-corrected chi connectivity index (χ2v) is 12.8. The number of carbonyl (C=O) groups is 2. The minimum atomic E-state index is -4.20. The van der Waals surface area contributed by atoms with E-state index in [-0.39, 0.29) is 23.8 Å². The van der Waals surface area contributed by atoms with Gasteiger partial charge in [-0.1, -0.05) is 85.6 Å². The molecular weight excluding hydrogens is 610 g/mol. The van der Waals surface area contributed by atoms with Crippen molar-refractivity contribution in [3.8, 4) is 5.75 Å². The summed E-state index contributed by atoms with van der Waals surface area (Å²) < 4.78 is 34.4. The molecule has 4 aromatic rings. The average Bonchev–Trinajstić information content (AvgIpc) is 3.06. The smallest absolute Gasteiger partial charge is 0.264 e. The molecule has 0 fully saturated rings. The molecule has 0 bridgehead atoms. The summed E-state index contributed by atoms with van der Waals surface area (Å²) in [6.45, 7) is 2.04. The van der Waals surface area contributed by atoms with Crippen LogP contribution in [0.4, 0.5) is 5.69 Å². The highest BCUT2D eigenvalue weighted by atomic mass is 35.5. The van der Waals surface area contributed by atoms with Crippen LogP contribution in [0.2, 0.25) is 5.02 Å². The number of unbranched alkanes of at least 4 members (excludes halogenated alkanes) is 1. The van der Waals surface area contributed by atoms with Gasteiger partial charge in [0, 0.05) is 24.5 Å². The Labute approximate surface area is 270 Å². The van der Waals surface area contributed by atoms with Crippen LogP contribution in [0.25, 0.3) is 0 Å². The van der Waals surface area contributed by atoms with Gasteiger partial charge in [0.25, 0.3) is 10.0 Å². The molecule has 0 aromatic heterocycles. The maximum absolute atomic E-state index is 14.4. The van der Waals surface area contributed by atoms with Crippen LogP contribution in [0.1, 0.15) is 30.9 Å². The molecule has 0 saturated carbocycles. The first-order chi connectivity index (χ1) is 21.7. The molecule has 0 spiro atoms. The number of anilines is 1.